The van der Waals surface area contributed by atoms with Gasteiger partial charge < -0.3 is 9.67 Å². The van der Waals surface area contributed by atoms with Crippen molar-refractivity contribution in [2.45, 2.75) is 37.8 Å². The van der Waals surface area contributed by atoms with Crippen LogP contribution in [0.3, 0.4) is 0 Å². The molecule has 0 spiro atoms. The fraction of sp³-hybridized carbons (Fsp3) is 0.375. The van der Waals surface area contributed by atoms with Crippen molar-refractivity contribution in [2.75, 3.05) is 6.61 Å². The Labute approximate surface area is 215 Å². The summed E-state index contributed by atoms with van der Waals surface area (Å²) in [6, 6.07) is 6.38. The van der Waals surface area contributed by atoms with Crippen LogP contribution >= 0.6 is 0 Å². The molecule has 3 aromatic rings. The molecule has 0 saturated heterocycles. The third kappa shape index (κ3) is 6.62. The van der Waals surface area contributed by atoms with Crippen LogP contribution in [-0.2, 0) is 33.6 Å². The minimum Gasteiger partial charge on any atom is -0.390 e. The number of nitrogens with two attached hydrogens (primary N) is 1. The predicted octanol–water partition coefficient (Wildman–Crippen LogP) is 2.67. The first-order chi connectivity index (χ1) is 17.8. The van der Waals surface area contributed by atoms with Crippen LogP contribution in [-0.4, -0.2) is 52.7 Å². The number of aliphatic hydroxyl groups is 1. The molecule has 2 heterocycles. The largest absolute Gasteiger partial charge is 0.416 e. The summed E-state index contributed by atoms with van der Waals surface area (Å²) in [7, 11) is -4.26. The monoisotopic (exact) mass is 556 g/mol. The maximum Gasteiger partial charge on any atom is 0.416 e. The van der Waals surface area contributed by atoms with Crippen LogP contribution in [0, 0.1) is 11.8 Å². The lowest BCUT2D eigenvalue weighted by Crippen LogP contribution is -2.29. The molecule has 0 bridgehead atoms. The van der Waals surface area contributed by atoms with E-state index >= 15 is 0 Å². The molecule has 38 heavy (non-hydrogen) atoms. The number of hydrogen-bond donors (Lipinski definition) is 2. The Morgan fingerprint density at radius 1 is 1.24 bits per heavy atom. The second kappa shape index (κ2) is 10.9. The number of rotatable bonds is 9. The van der Waals surface area contributed by atoms with E-state index in [9.17, 15) is 35.9 Å². The molecule has 0 unspecified atom stereocenters. The summed E-state index contributed by atoms with van der Waals surface area (Å²) in [6.45, 7) is -0.382. The molecule has 1 fully saturated rings. The fourth-order valence-corrected chi connectivity index (χ4v) is 4.95. The van der Waals surface area contributed by atoms with Gasteiger partial charge in [-0.05, 0) is 42.5 Å². The third-order valence-electron chi connectivity index (χ3n) is 6.44. The highest BCUT2D eigenvalue weighted by Gasteiger charge is 2.43. The highest BCUT2D eigenvalue weighted by Crippen LogP contribution is 2.37. The summed E-state index contributed by atoms with van der Waals surface area (Å²) in [6.07, 6.45) is -2.10. The van der Waals surface area contributed by atoms with Crippen molar-refractivity contribution in [3.8, 4) is 0 Å². The number of halogens is 4. The minimum atomic E-state index is -4.47. The van der Waals surface area contributed by atoms with Gasteiger partial charge in [0.05, 0.1) is 29.5 Å². The SMILES string of the molecule is NS(=O)(=O)OC[C@H]1C[C@@H](Cc2ncncc2C(=O)c2ccn(Cc3cccc(C(F)(F)F)c3)c2)[C@@H](F)[C@@H]1O. The summed E-state index contributed by atoms with van der Waals surface area (Å²) in [5, 5.41) is 15.0. The fourth-order valence-electron chi connectivity index (χ4n) is 4.58. The third-order valence-corrected chi connectivity index (χ3v) is 6.90. The molecule has 4 rings (SSSR count). The number of nitrogens with zero attached hydrogens (tertiary/aromatic N) is 3. The second-order valence-corrected chi connectivity index (χ2v) is 10.4. The Morgan fingerprint density at radius 2 is 2.00 bits per heavy atom. The quantitative estimate of drug-likeness (QED) is 0.305. The smallest absolute Gasteiger partial charge is 0.390 e. The summed E-state index contributed by atoms with van der Waals surface area (Å²) >= 11 is 0. The van der Waals surface area contributed by atoms with Crippen molar-refractivity contribution in [1.29, 1.82) is 0 Å². The Balaban J connectivity index is 1.47. The molecule has 3 N–H and O–H groups in total. The molecule has 1 aromatic carbocycles. The lowest BCUT2D eigenvalue weighted by atomic mass is 9.95. The molecule has 0 radical (unpaired) electrons. The zero-order valence-corrected chi connectivity index (χ0v) is 20.6. The van der Waals surface area contributed by atoms with E-state index in [0.717, 1.165) is 12.1 Å². The van der Waals surface area contributed by atoms with E-state index in [1.165, 1.54) is 30.9 Å². The van der Waals surface area contributed by atoms with Crippen LogP contribution in [0.15, 0.2) is 55.2 Å². The standard InChI is InChI=1S/C24H24F4N4O5S/c25-21-16(7-17(23(21)34)12-37-38(29,35)36)8-20-19(9-30-13-31-20)22(33)15-4-5-32(11-15)10-14-2-1-3-18(6-14)24(26,27)28/h1-6,9,11,13,16-17,21,23,34H,7-8,10,12H2,(H2,29,35,36)/t16-,17+,21+,23+/m0/s1. The van der Waals surface area contributed by atoms with E-state index in [1.54, 1.807) is 16.8 Å². The zero-order chi connectivity index (χ0) is 27.7. The van der Waals surface area contributed by atoms with Crippen LogP contribution in [0.5, 0.6) is 0 Å². The molecule has 1 aliphatic carbocycles. The molecule has 0 amide bonds. The molecule has 1 saturated carbocycles. The normalized spacial score (nSPS) is 22.1. The molecule has 2 aromatic heterocycles. The Hall–Kier alpha value is -3.20. The van der Waals surface area contributed by atoms with Gasteiger partial charge in [-0.15, -0.1) is 0 Å². The molecule has 14 heteroatoms. The molecular formula is C24H24F4N4O5S. The van der Waals surface area contributed by atoms with Crippen molar-refractivity contribution in [3.63, 3.8) is 0 Å². The minimum absolute atomic E-state index is 0.0291. The number of alkyl halides is 4. The summed E-state index contributed by atoms with van der Waals surface area (Å²) in [5.74, 6) is -2.06. The highest BCUT2D eigenvalue weighted by atomic mass is 32.2. The Kier molecular flexibility index (Phi) is 7.97. The summed E-state index contributed by atoms with van der Waals surface area (Å²) < 4.78 is 82.0. The van der Waals surface area contributed by atoms with E-state index in [4.69, 9.17) is 5.14 Å². The lowest BCUT2D eigenvalue weighted by Gasteiger charge is -2.15. The van der Waals surface area contributed by atoms with E-state index in [-0.39, 0.29) is 36.2 Å². The van der Waals surface area contributed by atoms with Crippen molar-refractivity contribution in [2.24, 2.45) is 17.0 Å². The van der Waals surface area contributed by atoms with Crippen molar-refractivity contribution in [1.82, 2.24) is 14.5 Å². The maximum absolute atomic E-state index is 14.8. The van der Waals surface area contributed by atoms with Gasteiger partial charge in [-0.2, -0.15) is 21.6 Å². The molecular weight excluding hydrogens is 532 g/mol. The summed E-state index contributed by atoms with van der Waals surface area (Å²) in [5.41, 5.74) is 0.202. The first-order valence-electron chi connectivity index (χ1n) is 11.5. The zero-order valence-electron chi connectivity index (χ0n) is 19.8. The first-order valence-corrected chi connectivity index (χ1v) is 12.9. The van der Waals surface area contributed by atoms with Crippen LogP contribution in [0.2, 0.25) is 0 Å². The predicted molar refractivity (Wildman–Crippen MR) is 126 cm³/mol. The van der Waals surface area contributed by atoms with Gasteiger partial charge in [0.1, 0.15) is 12.5 Å². The van der Waals surface area contributed by atoms with Crippen LogP contribution in [0.1, 0.15) is 39.2 Å². The van der Waals surface area contributed by atoms with Crippen molar-refractivity contribution >= 4 is 16.1 Å². The number of hydrogen-bond acceptors (Lipinski definition) is 7. The van der Waals surface area contributed by atoms with Gasteiger partial charge in [-0.1, -0.05) is 12.1 Å². The Bertz CT molecular complexity index is 1410. The maximum atomic E-state index is 14.8. The van der Waals surface area contributed by atoms with Gasteiger partial charge in [0.15, 0.2) is 5.78 Å². The molecule has 9 nitrogen and oxygen atoms in total. The molecule has 0 aliphatic heterocycles. The van der Waals surface area contributed by atoms with E-state index in [2.05, 4.69) is 14.2 Å². The average Bonchev–Trinajstić information content (AvgIpc) is 3.42. The Morgan fingerprint density at radius 3 is 2.71 bits per heavy atom. The van der Waals surface area contributed by atoms with Gasteiger partial charge in [0.25, 0.3) is 0 Å². The number of ketones is 1. The number of carbonyl (C=O) groups excluding carboxylic acids is 1. The second-order valence-electron chi connectivity index (χ2n) is 9.16. The van der Waals surface area contributed by atoms with Gasteiger partial charge >= 0.3 is 16.5 Å². The van der Waals surface area contributed by atoms with E-state index in [0.29, 0.717) is 5.56 Å². The van der Waals surface area contributed by atoms with Gasteiger partial charge in [0.2, 0.25) is 0 Å². The highest BCUT2D eigenvalue weighted by molar-refractivity contribution is 7.84. The number of carbonyl (C=O) groups is 1. The van der Waals surface area contributed by atoms with Gasteiger partial charge in [-0.25, -0.2) is 19.5 Å². The van der Waals surface area contributed by atoms with Crippen molar-refractivity contribution < 1.29 is 40.1 Å². The van der Waals surface area contributed by atoms with Crippen molar-refractivity contribution in [3.05, 3.63) is 83.2 Å². The van der Waals surface area contributed by atoms with Gasteiger partial charge in [0, 0.05) is 36.6 Å². The molecule has 204 valence electrons. The van der Waals surface area contributed by atoms with Crippen LogP contribution < -0.4 is 5.14 Å². The number of aromatic nitrogens is 3. The van der Waals surface area contributed by atoms with E-state index < -0.39 is 58.5 Å². The number of aliphatic hydroxyl groups excluding tert-OH is 1. The lowest BCUT2D eigenvalue weighted by molar-refractivity contribution is -0.137. The summed E-state index contributed by atoms with van der Waals surface area (Å²) in [4.78, 5) is 21.2. The van der Waals surface area contributed by atoms with Gasteiger partial charge in [-0.3, -0.25) is 8.98 Å². The van der Waals surface area contributed by atoms with Crippen LogP contribution in [0.4, 0.5) is 17.6 Å². The van der Waals surface area contributed by atoms with E-state index in [1.807, 2.05) is 0 Å². The van der Waals surface area contributed by atoms with Crippen LogP contribution in [0.25, 0.3) is 0 Å². The number of benzene rings is 1. The first kappa shape index (κ1) is 27.8. The molecule has 4 atom stereocenters. The topological polar surface area (TPSA) is 137 Å². The molecule has 1 aliphatic rings. The average molecular weight is 557 g/mol.